The van der Waals surface area contributed by atoms with Crippen molar-refractivity contribution in [1.82, 2.24) is 10.2 Å². The number of hydrogen-bond acceptors (Lipinski definition) is 4. The minimum atomic E-state index is -3.48. The van der Waals surface area contributed by atoms with Gasteiger partial charge in [0.1, 0.15) is 17.7 Å². The second-order valence-electron chi connectivity index (χ2n) is 10.6. The predicted octanol–water partition coefficient (Wildman–Crippen LogP) is 5.06. The number of halogens is 3. The first kappa shape index (κ1) is 26.1. The van der Waals surface area contributed by atoms with Crippen molar-refractivity contribution in [2.45, 2.75) is 74.2 Å². The third-order valence-electron chi connectivity index (χ3n) is 7.87. The maximum absolute atomic E-state index is 14.7. The Balaban J connectivity index is 1.41. The van der Waals surface area contributed by atoms with Crippen LogP contribution in [-0.4, -0.2) is 42.5 Å². The molecule has 1 heterocycles. The first-order valence-corrected chi connectivity index (χ1v) is 14.5. The molecule has 0 spiro atoms. The summed E-state index contributed by atoms with van der Waals surface area (Å²) in [5.41, 5.74) is 0.234. The topological polar surface area (TPSA) is 83.6 Å². The van der Waals surface area contributed by atoms with Crippen molar-refractivity contribution >= 4 is 33.3 Å². The lowest BCUT2D eigenvalue weighted by molar-refractivity contribution is -0.126. The Morgan fingerprint density at radius 2 is 1.76 bits per heavy atom. The molecule has 2 saturated carbocycles. The van der Waals surface area contributed by atoms with Gasteiger partial charge in [-0.25, -0.2) is 17.2 Å². The highest BCUT2D eigenvalue weighted by atomic mass is 35.5. The molecule has 1 unspecified atom stereocenters. The lowest BCUT2D eigenvalue weighted by Crippen LogP contribution is -2.49. The standard InChI is InChI=1S/C27H29ClF2N2O4S/c1-14-10-24(26(33)31-25(16-6-7-16)20-12-23(30)21(28)13-22(20)29)32(15(14)2)27(34)17-4-3-5-19(11-17)37(35,36)18-8-9-18/h3-5,11-16,18,24-25H,6-10H2,1-2H3,(H,31,33)/t14-,15-,24-,25?/m1/s1. The molecule has 0 aromatic heterocycles. The van der Waals surface area contributed by atoms with E-state index in [0.29, 0.717) is 19.3 Å². The van der Waals surface area contributed by atoms with Gasteiger partial charge in [-0.2, -0.15) is 0 Å². The quantitative estimate of drug-likeness (QED) is 0.488. The summed E-state index contributed by atoms with van der Waals surface area (Å²) in [5, 5.41) is 2.15. The van der Waals surface area contributed by atoms with Crippen LogP contribution in [0.5, 0.6) is 0 Å². The number of nitrogens with zero attached hydrogens (tertiary/aromatic N) is 1. The van der Waals surface area contributed by atoms with Crippen LogP contribution in [0.4, 0.5) is 8.78 Å². The van der Waals surface area contributed by atoms with E-state index in [1.807, 2.05) is 13.8 Å². The summed E-state index contributed by atoms with van der Waals surface area (Å²) < 4.78 is 54.3. The van der Waals surface area contributed by atoms with Crippen molar-refractivity contribution in [3.63, 3.8) is 0 Å². The van der Waals surface area contributed by atoms with E-state index in [0.717, 1.165) is 25.0 Å². The molecule has 37 heavy (non-hydrogen) atoms. The number of carbonyl (C=O) groups is 2. The average Bonchev–Trinajstić information content (AvgIpc) is 3.77. The van der Waals surface area contributed by atoms with Crippen LogP contribution in [0, 0.1) is 23.5 Å². The Hall–Kier alpha value is -2.52. The molecule has 10 heteroatoms. The third kappa shape index (κ3) is 5.00. The number of sulfone groups is 1. The lowest BCUT2D eigenvalue weighted by Gasteiger charge is -2.30. The molecule has 3 aliphatic rings. The molecule has 198 valence electrons. The average molecular weight is 551 g/mol. The van der Waals surface area contributed by atoms with Gasteiger partial charge in [-0.3, -0.25) is 9.59 Å². The maximum atomic E-state index is 14.7. The molecule has 0 radical (unpaired) electrons. The van der Waals surface area contributed by atoms with Crippen LogP contribution in [-0.2, 0) is 14.6 Å². The molecule has 2 aromatic rings. The highest BCUT2D eigenvalue weighted by molar-refractivity contribution is 7.92. The van der Waals surface area contributed by atoms with Gasteiger partial charge in [0.15, 0.2) is 9.84 Å². The van der Waals surface area contributed by atoms with E-state index in [1.165, 1.54) is 17.0 Å². The minimum absolute atomic E-state index is 0.00201. The van der Waals surface area contributed by atoms with E-state index in [2.05, 4.69) is 5.32 Å². The number of amides is 2. The zero-order valence-corrected chi connectivity index (χ0v) is 22.2. The normalized spacial score (nSPS) is 24.7. The summed E-state index contributed by atoms with van der Waals surface area (Å²) >= 11 is 5.72. The van der Waals surface area contributed by atoms with Crippen LogP contribution in [0.2, 0.25) is 5.02 Å². The van der Waals surface area contributed by atoms with Crippen LogP contribution in [0.3, 0.4) is 0 Å². The SMILES string of the molecule is C[C@@H]1C[C@H](C(=O)NC(c2cc(F)c(Cl)cc2F)C2CC2)N(C(=O)c2cccc(S(=O)(=O)C3CC3)c2)[C@@H]1C. The van der Waals surface area contributed by atoms with E-state index in [1.54, 1.807) is 12.1 Å². The minimum Gasteiger partial charge on any atom is -0.347 e. The second-order valence-corrected chi connectivity index (χ2v) is 13.2. The van der Waals surface area contributed by atoms with Crippen LogP contribution < -0.4 is 5.32 Å². The number of hydrogen-bond donors (Lipinski definition) is 1. The van der Waals surface area contributed by atoms with Crippen LogP contribution in [0.15, 0.2) is 41.3 Å². The largest absolute Gasteiger partial charge is 0.347 e. The van der Waals surface area contributed by atoms with Gasteiger partial charge in [-0.15, -0.1) is 0 Å². The highest BCUT2D eigenvalue weighted by Crippen LogP contribution is 2.43. The van der Waals surface area contributed by atoms with Crippen LogP contribution >= 0.6 is 11.6 Å². The van der Waals surface area contributed by atoms with E-state index >= 15 is 0 Å². The fourth-order valence-corrected chi connectivity index (χ4v) is 7.06. The molecule has 1 N–H and O–H groups in total. The summed E-state index contributed by atoms with van der Waals surface area (Å²) in [5.74, 6) is -2.38. The predicted molar refractivity (Wildman–Crippen MR) is 135 cm³/mol. The zero-order chi connectivity index (χ0) is 26.6. The molecule has 3 fully saturated rings. The van der Waals surface area contributed by atoms with Gasteiger partial charge in [-0.05, 0) is 81.2 Å². The molecule has 5 rings (SSSR count). The van der Waals surface area contributed by atoms with Crippen LogP contribution in [0.1, 0.15) is 67.9 Å². The lowest BCUT2D eigenvalue weighted by atomic mass is 9.99. The monoisotopic (exact) mass is 550 g/mol. The zero-order valence-electron chi connectivity index (χ0n) is 20.6. The van der Waals surface area contributed by atoms with Gasteiger partial charge < -0.3 is 10.2 Å². The van der Waals surface area contributed by atoms with Crippen molar-refractivity contribution in [2.75, 3.05) is 0 Å². The van der Waals surface area contributed by atoms with Crippen molar-refractivity contribution < 1.29 is 26.8 Å². The number of rotatable bonds is 7. The molecule has 2 aliphatic carbocycles. The fraction of sp³-hybridized carbons (Fsp3) is 0.481. The van der Waals surface area contributed by atoms with Gasteiger partial charge in [0.2, 0.25) is 5.91 Å². The van der Waals surface area contributed by atoms with Gasteiger partial charge >= 0.3 is 0 Å². The fourth-order valence-electron chi connectivity index (χ4n) is 5.21. The molecule has 2 aromatic carbocycles. The Morgan fingerprint density at radius 3 is 2.41 bits per heavy atom. The van der Waals surface area contributed by atoms with Gasteiger partial charge in [0.25, 0.3) is 5.91 Å². The molecular weight excluding hydrogens is 522 g/mol. The second kappa shape index (κ2) is 9.66. The number of likely N-dealkylation sites (tertiary alicyclic amines) is 1. The van der Waals surface area contributed by atoms with Crippen molar-refractivity contribution in [3.8, 4) is 0 Å². The van der Waals surface area contributed by atoms with Crippen molar-refractivity contribution in [2.24, 2.45) is 11.8 Å². The van der Waals surface area contributed by atoms with E-state index < -0.39 is 50.6 Å². The first-order valence-electron chi connectivity index (χ1n) is 12.6. The first-order chi connectivity index (χ1) is 17.5. The molecule has 2 amide bonds. The van der Waals surface area contributed by atoms with E-state index in [-0.39, 0.29) is 38.9 Å². The Labute approximate surface area is 220 Å². The summed E-state index contributed by atoms with van der Waals surface area (Å²) in [4.78, 5) is 28.8. The van der Waals surface area contributed by atoms with Crippen molar-refractivity contribution in [3.05, 3.63) is 64.2 Å². The molecule has 1 aliphatic heterocycles. The van der Waals surface area contributed by atoms with Gasteiger partial charge in [0.05, 0.1) is 21.2 Å². The van der Waals surface area contributed by atoms with Gasteiger partial charge in [-0.1, -0.05) is 24.6 Å². The molecule has 1 saturated heterocycles. The van der Waals surface area contributed by atoms with Gasteiger partial charge in [0, 0.05) is 17.2 Å². The number of benzene rings is 2. The molecule has 4 atom stereocenters. The Bertz CT molecular complexity index is 1360. The number of nitrogens with one attached hydrogen (secondary N) is 1. The molecule has 6 nitrogen and oxygen atoms in total. The van der Waals surface area contributed by atoms with E-state index in [9.17, 15) is 26.8 Å². The maximum Gasteiger partial charge on any atom is 0.254 e. The van der Waals surface area contributed by atoms with Crippen molar-refractivity contribution in [1.29, 1.82) is 0 Å². The van der Waals surface area contributed by atoms with Crippen LogP contribution in [0.25, 0.3) is 0 Å². The summed E-state index contributed by atoms with van der Waals surface area (Å²) in [6.07, 6.45) is 3.15. The highest BCUT2D eigenvalue weighted by Gasteiger charge is 2.45. The summed E-state index contributed by atoms with van der Waals surface area (Å²) in [6, 6.07) is 6.06. The summed E-state index contributed by atoms with van der Waals surface area (Å²) in [7, 11) is -3.48. The summed E-state index contributed by atoms with van der Waals surface area (Å²) in [6.45, 7) is 3.80. The molecular formula is C27H29ClF2N2O4S. The smallest absolute Gasteiger partial charge is 0.254 e. The Morgan fingerprint density at radius 1 is 1.05 bits per heavy atom. The Kier molecular flexibility index (Phi) is 6.81. The third-order valence-corrected chi connectivity index (χ3v) is 10.4. The number of carbonyl (C=O) groups excluding carboxylic acids is 2. The van der Waals surface area contributed by atoms with E-state index in [4.69, 9.17) is 11.6 Å². The molecule has 0 bridgehead atoms.